The lowest BCUT2D eigenvalue weighted by molar-refractivity contribution is -0.156. The maximum atomic E-state index is 14.6. The van der Waals surface area contributed by atoms with Crippen molar-refractivity contribution in [3.05, 3.63) is 61.2 Å². The second-order valence-electron chi connectivity index (χ2n) is 12.5. The minimum Gasteiger partial charge on any atom is -0.395 e. The van der Waals surface area contributed by atoms with E-state index in [1.807, 2.05) is 42.2 Å². The predicted molar refractivity (Wildman–Crippen MR) is 156 cm³/mol. The van der Waals surface area contributed by atoms with E-state index in [2.05, 4.69) is 20.1 Å². The van der Waals surface area contributed by atoms with Gasteiger partial charge >= 0.3 is 0 Å². The van der Waals surface area contributed by atoms with E-state index in [0.717, 1.165) is 37.7 Å². The van der Waals surface area contributed by atoms with Crippen LogP contribution in [-0.2, 0) is 25.7 Å². The fourth-order valence-electron chi connectivity index (χ4n) is 8.24. The fraction of sp³-hybridized carbons (Fsp3) is 0.606. The van der Waals surface area contributed by atoms with Crippen LogP contribution in [0.5, 0.6) is 0 Å². The Labute approximate surface area is 244 Å². The molecule has 1 N–H and O–H groups in total. The molecule has 8 heteroatoms. The number of ether oxygens (including phenoxy) is 1. The monoisotopic (exact) mass is 563 g/mol. The van der Waals surface area contributed by atoms with Gasteiger partial charge in [-0.1, -0.05) is 68.7 Å². The molecule has 8 nitrogen and oxygen atoms in total. The lowest BCUT2D eigenvalue weighted by Gasteiger charge is -2.41. The molecule has 4 aliphatic rings. The molecule has 3 saturated heterocycles. The van der Waals surface area contributed by atoms with Crippen molar-refractivity contribution in [1.82, 2.24) is 14.7 Å². The first kappa shape index (κ1) is 29.5. The number of nitrogens with zero attached hydrogens (tertiary/aromatic N) is 3. The highest BCUT2D eigenvalue weighted by Crippen LogP contribution is 2.65. The number of likely N-dealkylation sites (tertiary alicyclic amines) is 1. The molecule has 3 heterocycles. The van der Waals surface area contributed by atoms with E-state index >= 15 is 0 Å². The molecule has 5 rings (SSSR count). The van der Waals surface area contributed by atoms with E-state index in [9.17, 15) is 19.5 Å². The van der Waals surface area contributed by atoms with Gasteiger partial charge in [0.2, 0.25) is 17.7 Å². The number of amides is 3. The molecule has 1 aromatic carbocycles. The third-order valence-corrected chi connectivity index (χ3v) is 10.2. The first-order valence-electron chi connectivity index (χ1n) is 15.2. The van der Waals surface area contributed by atoms with Crippen LogP contribution in [0.1, 0.15) is 57.9 Å². The maximum absolute atomic E-state index is 14.6. The number of aliphatic hydroxyl groups is 1. The lowest BCUT2D eigenvalue weighted by atomic mass is 9.62. The zero-order valence-corrected chi connectivity index (χ0v) is 24.5. The fourth-order valence-corrected chi connectivity index (χ4v) is 8.24. The highest BCUT2D eigenvalue weighted by molar-refractivity contribution is 5.99. The summed E-state index contributed by atoms with van der Waals surface area (Å²) in [5.41, 5.74) is -1.04. The summed E-state index contributed by atoms with van der Waals surface area (Å²) in [5.74, 6) is -2.17. The molecule has 0 aromatic heterocycles. The number of aliphatic hydroxyl groups excluding tert-OH is 1. The molecule has 1 saturated carbocycles. The van der Waals surface area contributed by atoms with Gasteiger partial charge in [0.05, 0.1) is 24.0 Å². The van der Waals surface area contributed by atoms with E-state index < -0.39 is 29.1 Å². The molecule has 41 heavy (non-hydrogen) atoms. The zero-order chi connectivity index (χ0) is 29.4. The normalized spacial score (nSPS) is 32.6. The number of fused-ring (bicyclic) bond motifs is 1. The van der Waals surface area contributed by atoms with Crippen molar-refractivity contribution in [2.75, 3.05) is 26.2 Å². The largest absolute Gasteiger partial charge is 0.395 e. The smallest absolute Gasteiger partial charge is 0.248 e. The quantitative estimate of drug-likeness (QED) is 0.416. The summed E-state index contributed by atoms with van der Waals surface area (Å²) in [6, 6.07) is 8.96. The van der Waals surface area contributed by atoms with Crippen LogP contribution in [0.4, 0.5) is 0 Å². The minimum atomic E-state index is -1.13. The number of carbonyl (C=O) groups excluding carboxylic acids is 3. The second kappa shape index (κ2) is 11.7. The van der Waals surface area contributed by atoms with Gasteiger partial charge in [-0.15, -0.1) is 13.2 Å². The summed E-state index contributed by atoms with van der Waals surface area (Å²) in [6.07, 6.45) is 9.08. The van der Waals surface area contributed by atoms with E-state index in [1.54, 1.807) is 17.1 Å². The van der Waals surface area contributed by atoms with E-state index in [1.165, 1.54) is 4.90 Å². The van der Waals surface area contributed by atoms with Gasteiger partial charge in [-0.2, -0.15) is 0 Å². The molecular weight excluding hydrogens is 518 g/mol. The topological polar surface area (TPSA) is 90.4 Å². The van der Waals surface area contributed by atoms with E-state index in [0.29, 0.717) is 26.1 Å². The molecule has 1 aromatic rings. The Balaban J connectivity index is 1.54. The molecule has 6 atom stereocenters. The summed E-state index contributed by atoms with van der Waals surface area (Å²) in [6.45, 7) is 12.7. The molecule has 222 valence electrons. The van der Waals surface area contributed by atoms with E-state index in [4.69, 9.17) is 4.74 Å². The van der Waals surface area contributed by atoms with Crippen LogP contribution >= 0.6 is 0 Å². The van der Waals surface area contributed by atoms with Gasteiger partial charge < -0.3 is 24.5 Å². The first-order chi connectivity index (χ1) is 19.7. The SMILES string of the molecule is C=CCN(Cc1ccccc1)C(=O)[C@@H]1[C@H]2C(=O)N(CCO)C(C(=O)N(CC=C)C3CCCCC3)C23CC(C)[C@@]1(C)O3. The molecule has 2 bridgehead atoms. The van der Waals surface area contributed by atoms with Gasteiger partial charge in [-0.05, 0) is 37.7 Å². The van der Waals surface area contributed by atoms with Gasteiger partial charge in [0, 0.05) is 32.2 Å². The van der Waals surface area contributed by atoms with Gasteiger partial charge in [0.1, 0.15) is 11.6 Å². The highest BCUT2D eigenvalue weighted by Gasteiger charge is 2.80. The summed E-state index contributed by atoms with van der Waals surface area (Å²) < 4.78 is 6.90. The Kier molecular flexibility index (Phi) is 8.44. The highest BCUT2D eigenvalue weighted by atomic mass is 16.5. The first-order valence-corrected chi connectivity index (χ1v) is 15.2. The third-order valence-electron chi connectivity index (χ3n) is 10.2. The summed E-state index contributed by atoms with van der Waals surface area (Å²) >= 11 is 0. The van der Waals surface area contributed by atoms with Crippen LogP contribution in [0.2, 0.25) is 0 Å². The molecule has 3 unspecified atom stereocenters. The van der Waals surface area contributed by atoms with Crippen LogP contribution in [0.25, 0.3) is 0 Å². The number of benzene rings is 1. The average Bonchev–Trinajstić information content (AvgIpc) is 3.48. The van der Waals surface area contributed by atoms with Crippen LogP contribution in [0.3, 0.4) is 0 Å². The molecule has 0 radical (unpaired) electrons. The molecule has 3 aliphatic heterocycles. The van der Waals surface area contributed by atoms with Gasteiger partial charge in [0.25, 0.3) is 0 Å². The summed E-state index contributed by atoms with van der Waals surface area (Å²) in [4.78, 5) is 48.5. The van der Waals surface area contributed by atoms with Crippen LogP contribution < -0.4 is 0 Å². The van der Waals surface area contributed by atoms with Crippen molar-refractivity contribution in [2.24, 2.45) is 17.8 Å². The van der Waals surface area contributed by atoms with Crippen molar-refractivity contribution in [3.8, 4) is 0 Å². The Hall–Kier alpha value is -2.97. The Morgan fingerprint density at radius 3 is 2.41 bits per heavy atom. The third kappa shape index (κ3) is 4.83. The number of β-amino-alcohol motifs (C(OH)–C–C–N with tert-alkyl or cyclic N) is 1. The number of rotatable bonds is 11. The molecule has 1 aliphatic carbocycles. The van der Waals surface area contributed by atoms with Crippen LogP contribution in [0, 0.1) is 17.8 Å². The molecule has 3 amide bonds. The lowest BCUT2D eigenvalue weighted by Crippen LogP contribution is -2.59. The molecular formula is C33H45N3O5. The number of hydrogen-bond donors (Lipinski definition) is 1. The standard InChI is InChI=1S/C33H45N3O5/c1-5-17-34(22-24-13-9-7-10-14-24)29(38)26-27-30(39)36(19-20-37)28(33(27)21-23(3)32(26,4)41-33)31(40)35(18-6-2)25-15-11-8-12-16-25/h5-7,9-10,13-14,23,25-28,37H,1-2,8,11-12,15-22H2,3-4H3/t23?,26-,27-,28?,32+,33?/m0/s1. The minimum absolute atomic E-state index is 0.0236. The zero-order valence-electron chi connectivity index (χ0n) is 24.5. The Morgan fingerprint density at radius 2 is 1.78 bits per heavy atom. The second-order valence-corrected chi connectivity index (χ2v) is 12.5. The van der Waals surface area contributed by atoms with Crippen LogP contribution in [0.15, 0.2) is 55.6 Å². The van der Waals surface area contributed by atoms with E-state index in [-0.39, 0.29) is 42.8 Å². The Bertz CT molecular complexity index is 1170. The van der Waals surface area contributed by atoms with Crippen molar-refractivity contribution in [1.29, 1.82) is 0 Å². The average molecular weight is 564 g/mol. The molecule has 4 fully saturated rings. The maximum Gasteiger partial charge on any atom is 0.248 e. The van der Waals surface area contributed by atoms with Gasteiger partial charge in [0.15, 0.2) is 0 Å². The summed E-state index contributed by atoms with van der Waals surface area (Å²) in [7, 11) is 0. The predicted octanol–water partition coefficient (Wildman–Crippen LogP) is 3.55. The number of carbonyl (C=O) groups is 3. The summed E-state index contributed by atoms with van der Waals surface area (Å²) in [5, 5.41) is 10.0. The van der Waals surface area contributed by atoms with Crippen molar-refractivity contribution < 1.29 is 24.2 Å². The Morgan fingerprint density at radius 1 is 1.10 bits per heavy atom. The molecule has 1 spiro atoms. The van der Waals surface area contributed by atoms with Gasteiger partial charge in [-0.25, -0.2) is 0 Å². The van der Waals surface area contributed by atoms with Crippen molar-refractivity contribution >= 4 is 17.7 Å². The van der Waals surface area contributed by atoms with Crippen molar-refractivity contribution in [2.45, 2.75) is 82.2 Å². The number of hydrogen-bond acceptors (Lipinski definition) is 5. The van der Waals surface area contributed by atoms with Gasteiger partial charge in [-0.3, -0.25) is 14.4 Å². The van der Waals surface area contributed by atoms with Crippen molar-refractivity contribution in [3.63, 3.8) is 0 Å². The van der Waals surface area contributed by atoms with Crippen LogP contribution in [-0.4, -0.2) is 87.1 Å².